The number of amides is 1. The van der Waals surface area contributed by atoms with Crippen LogP contribution in [0.4, 0.5) is 46.1 Å². The van der Waals surface area contributed by atoms with E-state index in [9.17, 15) is 22.4 Å². The number of carbonyl (C=O) groups excluding carboxylic acids is 1. The van der Waals surface area contributed by atoms with E-state index in [0.717, 1.165) is 103 Å². The summed E-state index contributed by atoms with van der Waals surface area (Å²) in [6.45, 7) is 7.73. The van der Waals surface area contributed by atoms with Crippen LogP contribution in [0.5, 0.6) is 5.75 Å². The van der Waals surface area contributed by atoms with E-state index in [4.69, 9.17) is 11.6 Å². The van der Waals surface area contributed by atoms with Gasteiger partial charge in [-0.15, -0.1) is 13.2 Å². The summed E-state index contributed by atoms with van der Waals surface area (Å²) < 4.78 is 56.0. The topological polar surface area (TPSA) is 103 Å². The first-order valence-electron chi connectivity index (χ1n) is 22.9. The van der Waals surface area contributed by atoms with Gasteiger partial charge >= 0.3 is 6.36 Å². The van der Waals surface area contributed by atoms with E-state index in [1.165, 1.54) is 30.0 Å². The van der Waals surface area contributed by atoms with E-state index in [0.29, 0.717) is 29.3 Å². The predicted octanol–water partition coefficient (Wildman–Crippen LogP) is 11.6. The Morgan fingerprint density at radius 2 is 1.35 bits per heavy atom. The standard InChI is InChI=1S/C29H28ClF3N4O2.C24H22FN5/c1-2-25-27(37-18-22(30)7-12-26(37)35-25)28(38)34-17-19-3-8-23(9-4-19)36-15-13-21(14-16-36)20-5-10-24(11-6-20)39-29(31,32)33;25-18-5-9-20(10-6-18)29-13-15-30(16-14-29)21-11-7-19(8-12-21)28-24-22-3-1-2-4-23(22)26-17-27-24/h3-12,18,21H,2,13-17H2,1H3,(H,34,38);1-12,17H,13-16H2,(H,26,27,28). The van der Waals surface area contributed by atoms with Crippen LogP contribution in [0.1, 0.15) is 53.0 Å². The minimum atomic E-state index is -4.68. The fraction of sp³-hybridized carbons (Fsp3) is 0.245. The summed E-state index contributed by atoms with van der Waals surface area (Å²) >= 11 is 6.14. The molecule has 0 saturated carbocycles. The molecule has 5 heterocycles. The molecule has 8 aromatic rings. The number of halogens is 5. The first kappa shape index (κ1) is 46.7. The summed E-state index contributed by atoms with van der Waals surface area (Å²) in [6.07, 6.45) is 1.04. The van der Waals surface area contributed by atoms with Crippen LogP contribution in [-0.2, 0) is 13.0 Å². The molecule has 2 fully saturated rings. The molecule has 354 valence electrons. The Balaban J connectivity index is 0.000000177. The van der Waals surface area contributed by atoms with Gasteiger partial charge in [0.1, 0.15) is 35.1 Å². The number of imidazole rings is 1. The van der Waals surface area contributed by atoms with E-state index in [1.54, 1.807) is 41.2 Å². The normalized spacial score (nSPS) is 14.4. The summed E-state index contributed by atoms with van der Waals surface area (Å²) in [4.78, 5) is 33.3. The van der Waals surface area contributed by atoms with Gasteiger partial charge in [-0.3, -0.25) is 9.20 Å². The third-order valence-electron chi connectivity index (χ3n) is 12.5. The molecule has 2 aliphatic rings. The van der Waals surface area contributed by atoms with Crippen molar-refractivity contribution in [2.45, 2.75) is 45.0 Å². The number of piperidine rings is 1. The van der Waals surface area contributed by atoms with Crippen LogP contribution in [0.15, 0.2) is 146 Å². The summed E-state index contributed by atoms with van der Waals surface area (Å²) in [6, 6.07) is 41.0. The van der Waals surface area contributed by atoms with Crippen molar-refractivity contribution in [1.29, 1.82) is 0 Å². The number of ether oxygens (including phenoxy) is 1. The second kappa shape index (κ2) is 20.9. The van der Waals surface area contributed by atoms with Crippen molar-refractivity contribution in [3.8, 4) is 5.75 Å². The van der Waals surface area contributed by atoms with Gasteiger partial charge in [-0.05, 0) is 133 Å². The fourth-order valence-corrected chi connectivity index (χ4v) is 9.09. The summed E-state index contributed by atoms with van der Waals surface area (Å²) in [7, 11) is 0. The number of anilines is 5. The Labute approximate surface area is 402 Å². The molecule has 0 radical (unpaired) electrons. The Morgan fingerprint density at radius 1 is 0.739 bits per heavy atom. The Bertz CT molecular complexity index is 2990. The number of aromatic nitrogens is 4. The molecule has 2 N–H and O–H groups in total. The largest absolute Gasteiger partial charge is 0.573 e. The predicted molar refractivity (Wildman–Crippen MR) is 265 cm³/mol. The van der Waals surface area contributed by atoms with Crippen LogP contribution in [0.2, 0.25) is 5.02 Å². The molecule has 16 heteroatoms. The molecular formula is C53H50ClF4N9O2. The molecule has 0 aliphatic carbocycles. The number of para-hydroxylation sites is 1. The number of benzene rings is 5. The lowest BCUT2D eigenvalue weighted by Gasteiger charge is -2.37. The Morgan fingerprint density at radius 3 is 1.99 bits per heavy atom. The highest BCUT2D eigenvalue weighted by Gasteiger charge is 2.31. The molecule has 2 saturated heterocycles. The van der Waals surface area contributed by atoms with Crippen LogP contribution < -0.4 is 30.1 Å². The number of nitrogens with one attached hydrogen (secondary N) is 2. The van der Waals surface area contributed by atoms with Crippen LogP contribution in [0.25, 0.3) is 16.6 Å². The van der Waals surface area contributed by atoms with Crippen LogP contribution in [-0.4, -0.2) is 70.9 Å². The molecule has 10 rings (SSSR count). The summed E-state index contributed by atoms with van der Waals surface area (Å²) in [5.41, 5.74) is 9.20. The average Bonchev–Trinajstić information content (AvgIpc) is 3.74. The van der Waals surface area contributed by atoms with Crippen LogP contribution in [0, 0.1) is 5.82 Å². The highest BCUT2D eigenvalue weighted by molar-refractivity contribution is 6.30. The molecular weight excluding hydrogens is 906 g/mol. The van der Waals surface area contributed by atoms with Crippen molar-refractivity contribution in [3.05, 3.63) is 179 Å². The van der Waals surface area contributed by atoms with Gasteiger partial charge in [0.2, 0.25) is 0 Å². The van der Waals surface area contributed by atoms with Crippen LogP contribution in [0.3, 0.4) is 0 Å². The number of alkyl halides is 3. The van der Waals surface area contributed by atoms with Gasteiger partial charge in [-0.25, -0.2) is 19.3 Å². The maximum atomic E-state index is 13.1. The number of pyridine rings is 1. The zero-order valence-electron chi connectivity index (χ0n) is 37.8. The average molecular weight is 956 g/mol. The second-order valence-corrected chi connectivity index (χ2v) is 17.4. The minimum absolute atomic E-state index is 0.193. The van der Waals surface area contributed by atoms with Gasteiger partial charge in [-0.1, -0.05) is 54.9 Å². The summed E-state index contributed by atoms with van der Waals surface area (Å²) in [5.74, 6) is 0.500. The van der Waals surface area contributed by atoms with Crippen molar-refractivity contribution < 1.29 is 27.1 Å². The highest BCUT2D eigenvalue weighted by atomic mass is 35.5. The number of piperazine rings is 1. The zero-order chi connectivity index (χ0) is 47.9. The third-order valence-corrected chi connectivity index (χ3v) is 12.8. The molecule has 0 spiro atoms. The molecule has 0 unspecified atom stereocenters. The van der Waals surface area contributed by atoms with Crippen LogP contribution >= 0.6 is 11.6 Å². The highest BCUT2D eigenvalue weighted by Crippen LogP contribution is 2.33. The van der Waals surface area contributed by atoms with Crippen molar-refractivity contribution >= 4 is 62.6 Å². The molecule has 2 aliphatic heterocycles. The molecule has 11 nitrogen and oxygen atoms in total. The first-order chi connectivity index (χ1) is 33.5. The van der Waals surface area contributed by atoms with Crippen molar-refractivity contribution in [1.82, 2.24) is 24.7 Å². The van der Waals surface area contributed by atoms with E-state index in [1.807, 2.05) is 55.5 Å². The maximum absolute atomic E-state index is 13.1. The maximum Gasteiger partial charge on any atom is 0.573 e. The van der Waals surface area contributed by atoms with Gasteiger partial charge in [-0.2, -0.15) is 0 Å². The number of rotatable bonds is 11. The minimum Gasteiger partial charge on any atom is -0.406 e. The monoisotopic (exact) mass is 955 g/mol. The van der Waals surface area contributed by atoms with E-state index >= 15 is 0 Å². The fourth-order valence-electron chi connectivity index (χ4n) is 8.93. The lowest BCUT2D eigenvalue weighted by atomic mass is 9.89. The smallest absolute Gasteiger partial charge is 0.406 e. The molecule has 0 bridgehead atoms. The number of hydrogen-bond acceptors (Lipinski definition) is 9. The number of hydrogen-bond donors (Lipinski definition) is 2. The molecule has 3 aromatic heterocycles. The van der Waals surface area contributed by atoms with Crippen molar-refractivity contribution in [2.75, 3.05) is 59.3 Å². The van der Waals surface area contributed by atoms with Gasteiger partial charge < -0.3 is 30.1 Å². The van der Waals surface area contributed by atoms with Gasteiger partial charge in [0, 0.05) is 80.1 Å². The number of carbonyl (C=O) groups is 1. The van der Waals surface area contributed by atoms with Gasteiger partial charge in [0.15, 0.2) is 0 Å². The summed E-state index contributed by atoms with van der Waals surface area (Å²) in [5, 5.41) is 7.93. The van der Waals surface area contributed by atoms with E-state index < -0.39 is 6.36 Å². The molecule has 5 aromatic carbocycles. The quantitative estimate of drug-likeness (QED) is 0.123. The number of nitrogens with zero attached hydrogens (tertiary/aromatic N) is 7. The molecule has 0 atom stereocenters. The molecule has 69 heavy (non-hydrogen) atoms. The third kappa shape index (κ3) is 11.5. The van der Waals surface area contributed by atoms with E-state index in [-0.39, 0.29) is 23.4 Å². The van der Waals surface area contributed by atoms with Crippen molar-refractivity contribution in [2.24, 2.45) is 0 Å². The SMILES string of the molecule is CCc1nc2ccc(Cl)cn2c1C(=O)NCc1ccc(N2CCC(c3ccc(OC(F)(F)F)cc3)CC2)cc1.Fc1ccc(N2CCN(c3ccc(Nc4ncnc5ccccc45)cc3)CC2)cc1. The number of fused-ring (bicyclic) bond motifs is 2. The lowest BCUT2D eigenvalue weighted by Crippen LogP contribution is -2.46. The van der Waals surface area contributed by atoms with E-state index in [2.05, 4.69) is 81.4 Å². The Hall–Kier alpha value is -7.39. The Kier molecular flexibility index (Phi) is 14.1. The van der Waals surface area contributed by atoms with Crippen molar-refractivity contribution in [3.63, 3.8) is 0 Å². The van der Waals surface area contributed by atoms with Gasteiger partial charge in [0.25, 0.3) is 5.91 Å². The number of aryl methyl sites for hydroxylation is 1. The second-order valence-electron chi connectivity index (χ2n) is 16.9. The molecule has 1 amide bonds. The lowest BCUT2D eigenvalue weighted by molar-refractivity contribution is -0.274. The zero-order valence-corrected chi connectivity index (χ0v) is 38.6. The van der Waals surface area contributed by atoms with Gasteiger partial charge in [0.05, 0.1) is 16.2 Å². The first-order valence-corrected chi connectivity index (χ1v) is 23.3.